The molecule has 0 saturated heterocycles. The average Bonchev–Trinajstić information content (AvgIpc) is 2.87. The summed E-state index contributed by atoms with van der Waals surface area (Å²) in [6.45, 7) is 9.35. The fraction of sp³-hybridized carbons (Fsp3) is 0.786. The molecule has 0 aliphatic rings. The molecule has 12 heteroatoms. The molecule has 0 spiro atoms. The van der Waals surface area contributed by atoms with E-state index in [1.807, 2.05) is 13.8 Å². The number of amides is 1. The molecule has 40 heavy (non-hydrogen) atoms. The molecule has 0 aromatic carbocycles. The molecule has 230 valence electrons. The van der Waals surface area contributed by atoms with Crippen LogP contribution in [0, 0.1) is 0 Å². The monoisotopic (exact) mass is 573 g/mol. The van der Waals surface area contributed by atoms with Crippen LogP contribution in [0.15, 0.2) is 0 Å². The Bertz CT molecular complexity index is 814. The van der Waals surface area contributed by atoms with Gasteiger partial charge in [-0.3, -0.25) is 24.0 Å². The highest BCUT2D eigenvalue weighted by Gasteiger charge is 2.35. The Labute approximate surface area is 237 Å². The number of nitrogens with one attached hydrogen (secondary N) is 1. The minimum Gasteiger partial charge on any atom is -0.463 e. The van der Waals surface area contributed by atoms with E-state index in [1.54, 1.807) is 20.8 Å². The van der Waals surface area contributed by atoms with Crippen LogP contribution in [-0.4, -0.2) is 73.3 Å². The van der Waals surface area contributed by atoms with Crippen molar-refractivity contribution >= 4 is 35.6 Å². The Morgan fingerprint density at radius 3 is 1.60 bits per heavy atom. The van der Waals surface area contributed by atoms with E-state index < -0.39 is 60.9 Å². The van der Waals surface area contributed by atoms with Crippen LogP contribution < -0.4 is 5.32 Å². The second-order valence-corrected chi connectivity index (χ2v) is 9.47. The second kappa shape index (κ2) is 21.8. The zero-order valence-electron chi connectivity index (χ0n) is 24.8. The van der Waals surface area contributed by atoms with Gasteiger partial charge in [0.2, 0.25) is 12.2 Å². The topological polar surface area (TPSA) is 161 Å². The van der Waals surface area contributed by atoms with E-state index in [0.717, 1.165) is 0 Å². The first-order valence-electron chi connectivity index (χ1n) is 14.1. The summed E-state index contributed by atoms with van der Waals surface area (Å²) in [6, 6.07) is -1.17. The first-order chi connectivity index (χ1) is 19.0. The van der Waals surface area contributed by atoms with Crippen molar-refractivity contribution in [1.82, 2.24) is 5.32 Å². The van der Waals surface area contributed by atoms with Gasteiger partial charge in [0, 0.05) is 38.5 Å². The molecule has 12 nitrogen and oxygen atoms in total. The van der Waals surface area contributed by atoms with Gasteiger partial charge in [-0.25, -0.2) is 0 Å². The molecule has 0 radical (unpaired) electrons. The van der Waals surface area contributed by atoms with Crippen LogP contribution >= 0.6 is 0 Å². The summed E-state index contributed by atoms with van der Waals surface area (Å²) in [5.41, 5.74) is 0. The number of carbonyl (C=O) groups is 6. The summed E-state index contributed by atoms with van der Waals surface area (Å²) in [4.78, 5) is 72.9. The zero-order valence-corrected chi connectivity index (χ0v) is 24.8. The van der Waals surface area contributed by atoms with Crippen molar-refractivity contribution in [3.63, 3.8) is 0 Å². The van der Waals surface area contributed by atoms with E-state index in [2.05, 4.69) is 5.32 Å². The Hall–Kier alpha value is -3.02. The highest BCUT2D eigenvalue weighted by molar-refractivity contribution is 5.83. The van der Waals surface area contributed by atoms with E-state index in [-0.39, 0.29) is 50.9 Å². The molecular formula is C28H47NO11. The summed E-state index contributed by atoms with van der Waals surface area (Å²) in [5, 5.41) is 2.62. The van der Waals surface area contributed by atoms with Crippen LogP contribution in [0.3, 0.4) is 0 Å². The predicted octanol–water partition coefficient (Wildman–Crippen LogP) is 3.31. The molecule has 1 N–H and O–H groups in total. The van der Waals surface area contributed by atoms with Gasteiger partial charge in [-0.1, -0.05) is 27.7 Å². The fourth-order valence-corrected chi connectivity index (χ4v) is 3.27. The third-order valence-electron chi connectivity index (χ3n) is 5.43. The smallest absolute Gasteiger partial charge is 0.308 e. The van der Waals surface area contributed by atoms with Gasteiger partial charge in [-0.15, -0.1) is 0 Å². The number of ether oxygens (including phenoxy) is 5. The molecule has 0 bridgehead atoms. The molecule has 0 aromatic rings. The summed E-state index contributed by atoms with van der Waals surface area (Å²) in [7, 11) is 0. The van der Waals surface area contributed by atoms with Gasteiger partial charge in [-0.2, -0.15) is 0 Å². The van der Waals surface area contributed by atoms with Gasteiger partial charge in [0.05, 0.1) is 0 Å². The van der Waals surface area contributed by atoms with Gasteiger partial charge in [0.15, 0.2) is 0 Å². The van der Waals surface area contributed by atoms with Crippen LogP contribution in [0.5, 0.6) is 0 Å². The first kappa shape index (κ1) is 37.0. The molecule has 1 unspecified atom stereocenters. The molecular weight excluding hydrogens is 526 g/mol. The van der Waals surface area contributed by atoms with Crippen molar-refractivity contribution in [2.45, 2.75) is 130 Å². The maximum atomic E-state index is 12.6. The maximum Gasteiger partial charge on any atom is 0.308 e. The number of ketones is 1. The zero-order chi connectivity index (χ0) is 30.5. The Balaban J connectivity index is 6.15. The van der Waals surface area contributed by atoms with E-state index >= 15 is 0 Å². The van der Waals surface area contributed by atoms with Gasteiger partial charge in [0.25, 0.3) is 0 Å². The van der Waals surface area contributed by atoms with Gasteiger partial charge in [0.1, 0.15) is 37.2 Å². The maximum absolute atomic E-state index is 12.6. The molecule has 0 saturated carbocycles. The van der Waals surface area contributed by atoms with E-state index in [4.69, 9.17) is 23.7 Å². The fourth-order valence-electron chi connectivity index (χ4n) is 3.27. The molecule has 0 heterocycles. The lowest BCUT2D eigenvalue weighted by Crippen LogP contribution is -2.52. The Kier molecular flexibility index (Phi) is 20.1. The summed E-state index contributed by atoms with van der Waals surface area (Å²) < 4.78 is 27.7. The van der Waals surface area contributed by atoms with Crippen LogP contribution in [-0.2, 0) is 52.5 Å². The lowest BCUT2D eigenvalue weighted by atomic mass is 10.2. The standard InChI is InChI=1S/C28H47NO11/c1-7-11-24(32)36-17-21(29-23(31)16-15-19(5)30)28(40-27(35)14-10-4)39-22(18-37-25(33)12-8-2)20(6)38-26(34)13-9-3/h20-22,28H,7-18H2,1-6H3,(H,29,31)/t20-,21+,22?,28-/m0/s1. The van der Waals surface area contributed by atoms with Crippen molar-refractivity contribution in [2.24, 2.45) is 0 Å². The number of carbonyl (C=O) groups excluding carboxylic acids is 6. The third-order valence-corrected chi connectivity index (χ3v) is 5.43. The SMILES string of the molecule is CCCC(=O)OCC(O[C@@H](OC(=O)CCC)[C@@H](COC(=O)CCC)NC(=O)CCC(C)=O)[C@H](C)OC(=O)CCC. The predicted molar refractivity (Wildman–Crippen MR) is 144 cm³/mol. The highest BCUT2D eigenvalue weighted by Crippen LogP contribution is 2.16. The normalized spacial score (nSPS) is 13.8. The van der Waals surface area contributed by atoms with Crippen LogP contribution in [0.1, 0.15) is 106 Å². The van der Waals surface area contributed by atoms with Gasteiger partial charge >= 0.3 is 23.9 Å². The van der Waals surface area contributed by atoms with Crippen molar-refractivity contribution in [3.8, 4) is 0 Å². The minimum atomic E-state index is -1.50. The lowest BCUT2D eigenvalue weighted by molar-refractivity contribution is -0.224. The largest absolute Gasteiger partial charge is 0.463 e. The van der Waals surface area contributed by atoms with Crippen LogP contribution in [0.4, 0.5) is 0 Å². The molecule has 0 fully saturated rings. The summed E-state index contributed by atoms with van der Waals surface area (Å²) in [6.07, 6.45) is -1.09. The van der Waals surface area contributed by atoms with Crippen molar-refractivity contribution in [3.05, 3.63) is 0 Å². The van der Waals surface area contributed by atoms with E-state index in [9.17, 15) is 28.8 Å². The molecule has 1 amide bonds. The molecule has 0 rings (SSSR count). The van der Waals surface area contributed by atoms with Gasteiger partial charge < -0.3 is 33.8 Å². The molecule has 4 atom stereocenters. The quantitative estimate of drug-likeness (QED) is 0.115. The minimum absolute atomic E-state index is 0.0181. The molecule has 0 aliphatic heterocycles. The Morgan fingerprint density at radius 2 is 1.10 bits per heavy atom. The number of hydrogen-bond acceptors (Lipinski definition) is 11. The van der Waals surface area contributed by atoms with E-state index in [0.29, 0.717) is 25.7 Å². The van der Waals surface area contributed by atoms with Crippen LogP contribution in [0.2, 0.25) is 0 Å². The van der Waals surface area contributed by atoms with Crippen molar-refractivity contribution in [1.29, 1.82) is 0 Å². The van der Waals surface area contributed by atoms with Crippen molar-refractivity contribution in [2.75, 3.05) is 13.2 Å². The molecule has 0 aromatic heterocycles. The number of hydrogen-bond donors (Lipinski definition) is 1. The average molecular weight is 574 g/mol. The number of esters is 4. The molecule has 0 aliphatic carbocycles. The lowest BCUT2D eigenvalue weighted by Gasteiger charge is -2.32. The summed E-state index contributed by atoms with van der Waals surface area (Å²) >= 11 is 0. The third kappa shape index (κ3) is 17.5. The number of Topliss-reactive ketones (excluding diaryl/α,β-unsaturated/α-hetero) is 1. The first-order valence-corrected chi connectivity index (χ1v) is 14.1. The Morgan fingerprint density at radius 1 is 0.625 bits per heavy atom. The van der Waals surface area contributed by atoms with E-state index in [1.165, 1.54) is 6.92 Å². The summed E-state index contributed by atoms with van der Waals surface area (Å²) in [5.74, 6) is -2.92. The van der Waals surface area contributed by atoms with Gasteiger partial charge in [-0.05, 0) is 39.5 Å². The van der Waals surface area contributed by atoms with Crippen LogP contribution in [0.25, 0.3) is 0 Å². The van der Waals surface area contributed by atoms with Crippen molar-refractivity contribution < 1.29 is 52.5 Å². The second-order valence-electron chi connectivity index (χ2n) is 9.47. The highest BCUT2D eigenvalue weighted by atomic mass is 16.7. The number of rotatable bonds is 22.